The molecule has 16 heavy (non-hydrogen) atoms. The van der Waals surface area contributed by atoms with Gasteiger partial charge in [0.25, 0.3) is 0 Å². The van der Waals surface area contributed by atoms with Gasteiger partial charge in [-0.1, -0.05) is 27.2 Å². The van der Waals surface area contributed by atoms with Gasteiger partial charge in [-0.05, 0) is 18.8 Å². The normalized spacial score (nSPS) is 24.0. The Balaban J connectivity index is 2.68. The van der Waals surface area contributed by atoms with Crippen molar-refractivity contribution in [2.45, 2.75) is 45.6 Å². The Hall–Kier alpha value is -0.120. The minimum Gasteiger partial charge on any atom is -0.379 e. The van der Waals surface area contributed by atoms with Crippen LogP contribution in [0.15, 0.2) is 0 Å². The zero-order valence-corrected chi connectivity index (χ0v) is 11.2. The van der Waals surface area contributed by atoms with Gasteiger partial charge in [0.15, 0.2) is 0 Å². The van der Waals surface area contributed by atoms with E-state index in [2.05, 4.69) is 25.7 Å². The van der Waals surface area contributed by atoms with Gasteiger partial charge in [0.05, 0.1) is 13.2 Å². The van der Waals surface area contributed by atoms with E-state index in [4.69, 9.17) is 10.5 Å². The van der Waals surface area contributed by atoms with Gasteiger partial charge in [-0.3, -0.25) is 4.90 Å². The van der Waals surface area contributed by atoms with Gasteiger partial charge in [0.1, 0.15) is 0 Å². The molecule has 3 heteroatoms. The molecule has 1 heterocycles. The Morgan fingerprint density at radius 2 is 1.94 bits per heavy atom. The first kappa shape index (κ1) is 13.9. The standard InChI is InChI=1S/C13H28N2O/c1-4-12(3)10-13(5-2,11-14)15-6-8-16-9-7-15/h12H,4-11,14H2,1-3H3. The third-order valence-corrected chi connectivity index (χ3v) is 4.15. The van der Waals surface area contributed by atoms with Crippen molar-refractivity contribution in [1.29, 1.82) is 0 Å². The first-order valence-electron chi connectivity index (χ1n) is 6.71. The molecule has 96 valence electrons. The molecule has 0 aromatic rings. The van der Waals surface area contributed by atoms with Crippen LogP contribution in [0, 0.1) is 5.92 Å². The molecular formula is C13H28N2O. The van der Waals surface area contributed by atoms with E-state index in [0.29, 0.717) is 0 Å². The molecule has 2 unspecified atom stereocenters. The fourth-order valence-corrected chi connectivity index (χ4v) is 2.68. The first-order chi connectivity index (χ1) is 7.68. The van der Waals surface area contributed by atoms with E-state index in [0.717, 1.165) is 45.2 Å². The summed E-state index contributed by atoms with van der Waals surface area (Å²) in [5.74, 6) is 0.756. The lowest BCUT2D eigenvalue weighted by Crippen LogP contribution is -2.57. The predicted octanol–water partition coefficient (Wildman–Crippen LogP) is 1.86. The summed E-state index contributed by atoms with van der Waals surface area (Å²) in [6.45, 7) is 11.5. The highest BCUT2D eigenvalue weighted by molar-refractivity contribution is 4.92. The number of ether oxygens (including phenoxy) is 1. The van der Waals surface area contributed by atoms with Gasteiger partial charge >= 0.3 is 0 Å². The van der Waals surface area contributed by atoms with Crippen LogP contribution < -0.4 is 5.73 Å². The molecule has 0 aromatic carbocycles. The van der Waals surface area contributed by atoms with E-state index in [1.54, 1.807) is 0 Å². The van der Waals surface area contributed by atoms with Crippen LogP contribution in [-0.4, -0.2) is 43.3 Å². The molecule has 0 bridgehead atoms. The Bertz CT molecular complexity index is 186. The topological polar surface area (TPSA) is 38.5 Å². The van der Waals surface area contributed by atoms with Crippen LogP contribution in [0.3, 0.4) is 0 Å². The number of hydrogen-bond donors (Lipinski definition) is 1. The van der Waals surface area contributed by atoms with Crippen LogP contribution in [0.1, 0.15) is 40.0 Å². The molecule has 0 aliphatic carbocycles. The minimum absolute atomic E-state index is 0.208. The number of nitrogens with two attached hydrogens (primary N) is 1. The van der Waals surface area contributed by atoms with Crippen molar-refractivity contribution in [3.05, 3.63) is 0 Å². The largest absolute Gasteiger partial charge is 0.379 e. The summed E-state index contributed by atoms with van der Waals surface area (Å²) in [7, 11) is 0. The Morgan fingerprint density at radius 1 is 1.31 bits per heavy atom. The lowest BCUT2D eigenvalue weighted by molar-refractivity contribution is -0.0298. The van der Waals surface area contributed by atoms with Crippen molar-refractivity contribution < 1.29 is 4.74 Å². The summed E-state index contributed by atoms with van der Waals surface area (Å²) in [5, 5.41) is 0. The predicted molar refractivity (Wildman–Crippen MR) is 68.5 cm³/mol. The van der Waals surface area contributed by atoms with E-state index in [1.807, 2.05) is 0 Å². The summed E-state index contributed by atoms with van der Waals surface area (Å²) in [6.07, 6.45) is 3.61. The molecule has 3 nitrogen and oxygen atoms in total. The summed E-state index contributed by atoms with van der Waals surface area (Å²) < 4.78 is 5.43. The molecule has 1 rings (SSSR count). The number of hydrogen-bond acceptors (Lipinski definition) is 3. The number of rotatable bonds is 6. The average molecular weight is 228 g/mol. The third-order valence-electron chi connectivity index (χ3n) is 4.15. The molecule has 0 spiro atoms. The van der Waals surface area contributed by atoms with Crippen LogP contribution in [0.25, 0.3) is 0 Å². The molecule has 0 amide bonds. The van der Waals surface area contributed by atoms with E-state index < -0.39 is 0 Å². The Kier molecular flexibility index (Phi) is 5.73. The molecule has 2 atom stereocenters. The van der Waals surface area contributed by atoms with Gasteiger partial charge in [-0.25, -0.2) is 0 Å². The lowest BCUT2D eigenvalue weighted by Gasteiger charge is -2.46. The van der Waals surface area contributed by atoms with Crippen LogP contribution in [-0.2, 0) is 4.74 Å². The summed E-state index contributed by atoms with van der Waals surface area (Å²) in [4.78, 5) is 2.56. The van der Waals surface area contributed by atoms with Gasteiger partial charge in [-0.2, -0.15) is 0 Å². The highest BCUT2D eigenvalue weighted by atomic mass is 16.5. The maximum atomic E-state index is 6.07. The molecule has 1 aliphatic heterocycles. The average Bonchev–Trinajstić information content (AvgIpc) is 2.37. The van der Waals surface area contributed by atoms with E-state index in [1.165, 1.54) is 12.8 Å². The van der Waals surface area contributed by atoms with Crippen molar-refractivity contribution in [2.24, 2.45) is 11.7 Å². The second-order valence-electron chi connectivity index (χ2n) is 5.10. The second-order valence-corrected chi connectivity index (χ2v) is 5.10. The molecular weight excluding hydrogens is 200 g/mol. The van der Waals surface area contributed by atoms with Gasteiger partial charge in [0, 0.05) is 25.2 Å². The Labute approximate surface area is 100 Å². The Morgan fingerprint density at radius 3 is 2.38 bits per heavy atom. The summed E-state index contributed by atoms with van der Waals surface area (Å²) in [5.41, 5.74) is 6.28. The lowest BCUT2D eigenvalue weighted by atomic mass is 9.83. The van der Waals surface area contributed by atoms with Gasteiger partial charge in [-0.15, -0.1) is 0 Å². The monoisotopic (exact) mass is 228 g/mol. The number of nitrogens with zero attached hydrogens (tertiary/aromatic N) is 1. The maximum Gasteiger partial charge on any atom is 0.0594 e. The molecule has 0 aromatic heterocycles. The van der Waals surface area contributed by atoms with E-state index in [-0.39, 0.29) is 5.54 Å². The number of morpholine rings is 1. The van der Waals surface area contributed by atoms with Crippen LogP contribution in [0.2, 0.25) is 0 Å². The van der Waals surface area contributed by atoms with Crippen molar-refractivity contribution in [2.75, 3.05) is 32.8 Å². The third kappa shape index (κ3) is 3.19. The molecule has 1 aliphatic rings. The zero-order chi connectivity index (χ0) is 12.0. The van der Waals surface area contributed by atoms with Crippen molar-refractivity contribution in [3.8, 4) is 0 Å². The zero-order valence-electron chi connectivity index (χ0n) is 11.2. The quantitative estimate of drug-likeness (QED) is 0.754. The fourth-order valence-electron chi connectivity index (χ4n) is 2.68. The molecule has 0 radical (unpaired) electrons. The highest BCUT2D eigenvalue weighted by Gasteiger charge is 2.35. The molecule has 1 saturated heterocycles. The van der Waals surface area contributed by atoms with Crippen molar-refractivity contribution in [1.82, 2.24) is 4.90 Å². The first-order valence-corrected chi connectivity index (χ1v) is 6.71. The highest BCUT2D eigenvalue weighted by Crippen LogP contribution is 2.29. The SMILES string of the molecule is CCC(C)CC(CC)(CN)N1CCOCC1. The molecule has 0 saturated carbocycles. The maximum absolute atomic E-state index is 6.07. The minimum atomic E-state index is 0.208. The van der Waals surface area contributed by atoms with Crippen LogP contribution in [0.4, 0.5) is 0 Å². The smallest absolute Gasteiger partial charge is 0.0594 e. The fraction of sp³-hybridized carbons (Fsp3) is 1.00. The molecule has 1 fully saturated rings. The second kappa shape index (κ2) is 6.58. The van der Waals surface area contributed by atoms with E-state index in [9.17, 15) is 0 Å². The van der Waals surface area contributed by atoms with Crippen LogP contribution in [0.5, 0.6) is 0 Å². The molecule has 2 N–H and O–H groups in total. The van der Waals surface area contributed by atoms with Gasteiger partial charge < -0.3 is 10.5 Å². The van der Waals surface area contributed by atoms with E-state index >= 15 is 0 Å². The van der Waals surface area contributed by atoms with Crippen molar-refractivity contribution >= 4 is 0 Å². The van der Waals surface area contributed by atoms with Crippen molar-refractivity contribution in [3.63, 3.8) is 0 Å². The summed E-state index contributed by atoms with van der Waals surface area (Å²) >= 11 is 0. The van der Waals surface area contributed by atoms with Crippen LogP contribution >= 0.6 is 0 Å². The van der Waals surface area contributed by atoms with Gasteiger partial charge in [0.2, 0.25) is 0 Å². The summed E-state index contributed by atoms with van der Waals surface area (Å²) in [6, 6.07) is 0.